The summed E-state index contributed by atoms with van der Waals surface area (Å²) < 4.78 is 39.1. The monoisotopic (exact) mass is 504 g/mol. The van der Waals surface area contributed by atoms with E-state index in [9.17, 15) is 20.1 Å². The zero-order chi connectivity index (χ0) is 26.1. The highest BCUT2D eigenvalue weighted by molar-refractivity contribution is 5.91. The van der Waals surface area contributed by atoms with Crippen LogP contribution in [-0.2, 0) is 4.74 Å². The minimum absolute atomic E-state index is 0.00124. The molecule has 0 spiro atoms. The van der Waals surface area contributed by atoms with Gasteiger partial charge < -0.3 is 48.2 Å². The third-order valence-corrected chi connectivity index (χ3v) is 6.04. The van der Waals surface area contributed by atoms with E-state index in [2.05, 4.69) is 0 Å². The quantitative estimate of drug-likeness (QED) is 0.432. The maximum absolute atomic E-state index is 13.6. The maximum Gasteiger partial charge on any atom is 0.239 e. The molecule has 0 aliphatic carbocycles. The Kier molecular flexibility index (Phi) is 7.27. The topological polar surface area (TPSA) is 146 Å². The summed E-state index contributed by atoms with van der Waals surface area (Å²) in [5.41, 5.74) is 0.162. The minimum atomic E-state index is -1.59. The molecule has 0 radical (unpaired) electrons. The second-order valence-corrected chi connectivity index (χ2v) is 8.14. The first kappa shape index (κ1) is 25.6. The SMILES string of the molecule is COc1ccc(-c2oc3cc(OC)c(O[C@@H]4O[C@H](C)[C@H](O)[C@@H](O)[C@@H]4O)c(OC)c3c(=O)c2OC)cc1. The lowest BCUT2D eigenvalue weighted by Crippen LogP contribution is -2.58. The molecule has 0 bridgehead atoms. The van der Waals surface area contributed by atoms with Gasteiger partial charge in [-0.25, -0.2) is 0 Å². The summed E-state index contributed by atoms with van der Waals surface area (Å²) >= 11 is 0. The van der Waals surface area contributed by atoms with Gasteiger partial charge in [-0.05, 0) is 31.2 Å². The largest absolute Gasteiger partial charge is 0.497 e. The molecule has 0 saturated carbocycles. The molecule has 11 nitrogen and oxygen atoms in total. The summed E-state index contributed by atoms with van der Waals surface area (Å²) in [6.07, 6.45) is -6.67. The van der Waals surface area contributed by atoms with Crippen LogP contribution in [0, 0.1) is 0 Å². The molecule has 1 fully saturated rings. The fourth-order valence-electron chi connectivity index (χ4n) is 4.07. The molecule has 1 saturated heterocycles. The van der Waals surface area contributed by atoms with E-state index in [1.54, 1.807) is 31.4 Å². The van der Waals surface area contributed by atoms with E-state index < -0.39 is 36.1 Å². The fourth-order valence-corrected chi connectivity index (χ4v) is 4.07. The molecular formula is C25H28O11. The van der Waals surface area contributed by atoms with Crippen molar-refractivity contribution in [3.05, 3.63) is 40.6 Å². The van der Waals surface area contributed by atoms with Crippen molar-refractivity contribution in [1.82, 2.24) is 0 Å². The average Bonchev–Trinajstić information content (AvgIpc) is 2.90. The molecule has 1 aliphatic rings. The zero-order valence-electron chi connectivity index (χ0n) is 20.4. The number of hydrogen-bond acceptors (Lipinski definition) is 11. The number of aliphatic hydroxyl groups is 3. The summed E-state index contributed by atoms with van der Waals surface area (Å²) in [7, 11) is 5.59. The normalized spacial score (nSPS) is 23.8. The van der Waals surface area contributed by atoms with Crippen molar-refractivity contribution in [3.8, 4) is 40.1 Å². The van der Waals surface area contributed by atoms with E-state index in [1.165, 1.54) is 34.3 Å². The Balaban J connectivity index is 1.89. The van der Waals surface area contributed by atoms with Crippen LogP contribution < -0.4 is 29.1 Å². The molecule has 36 heavy (non-hydrogen) atoms. The smallest absolute Gasteiger partial charge is 0.239 e. The molecule has 0 amide bonds. The van der Waals surface area contributed by atoms with Crippen LogP contribution in [0.2, 0.25) is 0 Å². The molecule has 3 N–H and O–H groups in total. The van der Waals surface area contributed by atoms with E-state index in [0.717, 1.165) is 0 Å². The summed E-state index contributed by atoms with van der Waals surface area (Å²) in [6, 6.07) is 8.32. The van der Waals surface area contributed by atoms with Crippen LogP contribution in [0.4, 0.5) is 0 Å². The van der Waals surface area contributed by atoms with Gasteiger partial charge in [0.15, 0.2) is 17.3 Å². The zero-order valence-corrected chi connectivity index (χ0v) is 20.4. The number of fused-ring (bicyclic) bond motifs is 1. The van der Waals surface area contributed by atoms with Crippen molar-refractivity contribution in [1.29, 1.82) is 0 Å². The lowest BCUT2D eigenvalue weighted by molar-refractivity contribution is -0.268. The van der Waals surface area contributed by atoms with Gasteiger partial charge in [-0.1, -0.05) is 0 Å². The Morgan fingerprint density at radius 1 is 0.806 bits per heavy atom. The number of ether oxygens (including phenoxy) is 6. The molecule has 5 atom stereocenters. The number of aliphatic hydroxyl groups excluding tert-OH is 3. The van der Waals surface area contributed by atoms with Crippen LogP contribution in [0.5, 0.6) is 28.7 Å². The molecule has 1 aliphatic heterocycles. The van der Waals surface area contributed by atoms with Gasteiger partial charge in [-0.2, -0.15) is 0 Å². The number of hydrogen-bond donors (Lipinski definition) is 3. The van der Waals surface area contributed by atoms with Crippen LogP contribution in [-0.4, -0.2) is 74.5 Å². The van der Waals surface area contributed by atoms with Gasteiger partial charge in [0.25, 0.3) is 0 Å². The standard InChI is InChI=1S/C25H28O11/c1-11-17(26)19(28)20(29)25(34-11)36-22-15(31-3)10-14-16(23(22)32-4)18(27)24(33-5)21(35-14)12-6-8-13(30-2)9-7-12/h6-11,17,19-20,25-26,28-29H,1-5H3/t11-,17+,19-,20+,25+/m1/s1. The summed E-state index contributed by atoms with van der Waals surface area (Å²) in [6.45, 7) is 1.52. The fraction of sp³-hybridized carbons (Fsp3) is 0.400. The van der Waals surface area contributed by atoms with Gasteiger partial charge in [0, 0.05) is 11.6 Å². The third kappa shape index (κ3) is 4.30. The van der Waals surface area contributed by atoms with Crippen molar-refractivity contribution >= 4 is 11.0 Å². The van der Waals surface area contributed by atoms with Crippen molar-refractivity contribution in [2.75, 3.05) is 28.4 Å². The van der Waals surface area contributed by atoms with E-state index in [1.807, 2.05) is 0 Å². The summed E-state index contributed by atoms with van der Waals surface area (Å²) in [5, 5.41) is 30.5. The van der Waals surface area contributed by atoms with Crippen molar-refractivity contribution in [2.24, 2.45) is 0 Å². The lowest BCUT2D eigenvalue weighted by Gasteiger charge is -2.39. The highest BCUT2D eigenvalue weighted by Gasteiger charge is 2.44. The maximum atomic E-state index is 13.6. The van der Waals surface area contributed by atoms with Crippen LogP contribution >= 0.6 is 0 Å². The molecule has 2 aromatic carbocycles. The van der Waals surface area contributed by atoms with Crippen LogP contribution in [0.3, 0.4) is 0 Å². The van der Waals surface area contributed by atoms with Gasteiger partial charge in [-0.3, -0.25) is 4.79 Å². The Labute approximate surface area is 206 Å². The van der Waals surface area contributed by atoms with Gasteiger partial charge in [0.05, 0.1) is 34.5 Å². The first-order valence-electron chi connectivity index (χ1n) is 11.1. The van der Waals surface area contributed by atoms with E-state index in [4.69, 9.17) is 32.8 Å². The van der Waals surface area contributed by atoms with Crippen molar-refractivity contribution < 1.29 is 48.2 Å². The lowest BCUT2D eigenvalue weighted by atomic mass is 10.00. The van der Waals surface area contributed by atoms with Crippen LogP contribution in [0.25, 0.3) is 22.3 Å². The van der Waals surface area contributed by atoms with Crippen molar-refractivity contribution in [3.63, 3.8) is 0 Å². The van der Waals surface area contributed by atoms with Gasteiger partial charge >= 0.3 is 0 Å². The van der Waals surface area contributed by atoms with E-state index in [-0.39, 0.29) is 39.7 Å². The molecule has 2 heterocycles. The van der Waals surface area contributed by atoms with Gasteiger partial charge in [0.2, 0.25) is 23.2 Å². The van der Waals surface area contributed by atoms with Crippen molar-refractivity contribution in [2.45, 2.75) is 37.6 Å². The summed E-state index contributed by atoms with van der Waals surface area (Å²) in [5.74, 6) is 0.735. The Hall–Kier alpha value is -3.51. The Morgan fingerprint density at radius 3 is 2.06 bits per heavy atom. The highest BCUT2D eigenvalue weighted by Crippen LogP contribution is 2.45. The molecule has 1 aromatic heterocycles. The van der Waals surface area contributed by atoms with Gasteiger partial charge in [-0.15, -0.1) is 0 Å². The number of benzene rings is 2. The second kappa shape index (κ2) is 10.2. The number of methoxy groups -OCH3 is 4. The summed E-state index contributed by atoms with van der Waals surface area (Å²) in [4.78, 5) is 13.6. The van der Waals surface area contributed by atoms with Crippen LogP contribution in [0.1, 0.15) is 6.92 Å². The van der Waals surface area contributed by atoms with Crippen LogP contribution in [0.15, 0.2) is 39.5 Å². The molecule has 3 aromatic rings. The van der Waals surface area contributed by atoms with E-state index >= 15 is 0 Å². The Bertz CT molecular complexity index is 1280. The second-order valence-electron chi connectivity index (χ2n) is 8.14. The molecule has 194 valence electrons. The van der Waals surface area contributed by atoms with E-state index in [0.29, 0.717) is 11.3 Å². The first-order valence-corrected chi connectivity index (χ1v) is 11.1. The average molecular weight is 504 g/mol. The molecule has 0 unspecified atom stereocenters. The highest BCUT2D eigenvalue weighted by atomic mass is 16.7. The van der Waals surface area contributed by atoms with Gasteiger partial charge in [0.1, 0.15) is 35.0 Å². The third-order valence-electron chi connectivity index (χ3n) is 6.04. The predicted octanol–water partition coefficient (Wildman–Crippen LogP) is 1.70. The molecular weight excluding hydrogens is 476 g/mol. The number of rotatable bonds is 7. The Morgan fingerprint density at radius 2 is 1.47 bits per heavy atom. The minimum Gasteiger partial charge on any atom is -0.497 e. The predicted molar refractivity (Wildman–Crippen MR) is 127 cm³/mol. The first-order chi connectivity index (χ1) is 17.2. The molecule has 4 rings (SSSR count). The molecule has 11 heteroatoms.